The number of furan rings is 1. The van der Waals surface area contributed by atoms with Crippen molar-refractivity contribution in [2.45, 2.75) is 0 Å². The SMILES string of the molecule is O=c1/c(=C/c2ccc(-c3cccc(Br)c3)o2)sc2nc3ccccc3n12. The fraction of sp³-hybridized carbons (Fsp3) is 0. The Morgan fingerprint density at radius 1 is 1.08 bits per heavy atom. The summed E-state index contributed by atoms with van der Waals surface area (Å²) in [6.45, 7) is 0. The minimum atomic E-state index is -0.0703. The van der Waals surface area contributed by atoms with E-state index in [1.54, 1.807) is 10.5 Å². The Bertz CT molecular complexity index is 1380. The molecule has 126 valence electrons. The van der Waals surface area contributed by atoms with Gasteiger partial charge in [-0.05, 0) is 36.4 Å². The van der Waals surface area contributed by atoms with Crippen molar-refractivity contribution in [3.05, 3.63) is 85.8 Å². The summed E-state index contributed by atoms with van der Waals surface area (Å²) >= 11 is 4.83. The number of hydrogen-bond donors (Lipinski definition) is 0. The predicted octanol–water partition coefficient (Wildman–Crippen LogP) is 4.48. The first kappa shape index (κ1) is 15.5. The third-order valence-electron chi connectivity index (χ3n) is 4.15. The number of para-hydroxylation sites is 2. The largest absolute Gasteiger partial charge is 0.457 e. The molecule has 0 saturated carbocycles. The van der Waals surface area contributed by atoms with Gasteiger partial charge in [-0.15, -0.1) is 0 Å². The summed E-state index contributed by atoms with van der Waals surface area (Å²) < 4.78 is 9.16. The lowest BCUT2D eigenvalue weighted by Crippen LogP contribution is -2.22. The van der Waals surface area contributed by atoms with Crippen LogP contribution in [0.5, 0.6) is 0 Å². The summed E-state index contributed by atoms with van der Waals surface area (Å²) in [7, 11) is 0. The van der Waals surface area contributed by atoms with Crippen molar-refractivity contribution in [3.8, 4) is 11.3 Å². The zero-order chi connectivity index (χ0) is 17.7. The molecule has 0 saturated heterocycles. The number of rotatable bonds is 2. The molecule has 0 aliphatic rings. The van der Waals surface area contributed by atoms with Gasteiger partial charge in [0.2, 0.25) is 0 Å². The summed E-state index contributed by atoms with van der Waals surface area (Å²) in [5.41, 5.74) is 2.57. The molecule has 0 atom stereocenters. The van der Waals surface area contributed by atoms with Gasteiger partial charge in [-0.3, -0.25) is 4.79 Å². The average Bonchev–Trinajstić information content (AvgIpc) is 3.31. The zero-order valence-electron chi connectivity index (χ0n) is 13.3. The third kappa shape index (κ3) is 2.50. The van der Waals surface area contributed by atoms with Gasteiger partial charge in [0.25, 0.3) is 5.56 Å². The highest BCUT2D eigenvalue weighted by atomic mass is 79.9. The summed E-state index contributed by atoms with van der Waals surface area (Å²) in [5, 5.41) is 0. The van der Waals surface area contributed by atoms with Crippen molar-refractivity contribution in [2.75, 3.05) is 0 Å². The summed E-state index contributed by atoms with van der Waals surface area (Å²) in [4.78, 5) is 18.0. The maximum absolute atomic E-state index is 12.8. The first-order chi connectivity index (χ1) is 12.7. The van der Waals surface area contributed by atoms with Gasteiger partial charge in [0, 0.05) is 16.1 Å². The average molecular weight is 423 g/mol. The first-order valence-electron chi connectivity index (χ1n) is 7.96. The van der Waals surface area contributed by atoms with E-state index in [2.05, 4.69) is 20.9 Å². The van der Waals surface area contributed by atoms with Gasteiger partial charge in [0.15, 0.2) is 4.96 Å². The number of nitrogens with zero attached hydrogens (tertiary/aromatic N) is 2. The molecule has 0 bridgehead atoms. The molecule has 3 heterocycles. The molecule has 0 aliphatic carbocycles. The topological polar surface area (TPSA) is 47.5 Å². The third-order valence-corrected chi connectivity index (χ3v) is 5.62. The van der Waals surface area contributed by atoms with E-state index in [1.165, 1.54) is 11.3 Å². The number of thiazole rings is 1. The Balaban J connectivity index is 1.63. The standard InChI is InChI=1S/C20H11BrN2O2S/c21-13-5-3-4-12(10-13)17-9-8-14(25-17)11-18-19(24)23-16-7-2-1-6-15(16)22-20(23)26-18/h1-11H/b18-11-. The molecule has 0 unspecified atom stereocenters. The molecular weight excluding hydrogens is 412 g/mol. The van der Waals surface area contributed by atoms with E-state index < -0.39 is 0 Å². The van der Waals surface area contributed by atoms with Gasteiger partial charge in [-0.2, -0.15) is 0 Å². The minimum Gasteiger partial charge on any atom is -0.457 e. The van der Waals surface area contributed by atoms with Crippen molar-refractivity contribution < 1.29 is 4.42 Å². The van der Waals surface area contributed by atoms with Crippen LogP contribution >= 0.6 is 27.3 Å². The van der Waals surface area contributed by atoms with Crippen molar-refractivity contribution in [1.29, 1.82) is 0 Å². The summed E-state index contributed by atoms with van der Waals surface area (Å²) in [6.07, 6.45) is 1.78. The maximum atomic E-state index is 12.8. The number of aromatic nitrogens is 2. The number of benzene rings is 2. The number of hydrogen-bond acceptors (Lipinski definition) is 4. The quantitative estimate of drug-likeness (QED) is 0.421. The fourth-order valence-corrected chi connectivity index (χ4v) is 4.33. The van der Waals surface area contributed by atoms with Gasteiger partial charge in [-0.1, -0.05) is 51.5 Å². The molecule has 0 spiro atoms. The smallest absolute Gasteiger partial charge is 0.275 e. The number of fused-ring (bicyclic) bond motifs is 3. The van der Waals surface area contributed by atoms with Gasteiger partial charge in [0.05, 0.1) is 11.0 Å². The Hall–Kier alpha value is -2.70. The van der Waals surface area contributed by atoms with E-state index in [9.17, 15) is 4.79 Å². The molecule has 0 N–H and O–H groups in total. The Morgan fingerprint density at radius 3 is 2.85 bits per heavy atom. The second-order valence-electron chi connectivity index (χ2n) is 5.85. The van der Waals surface area contributed by atoms with Crippen LogP contribution < -0.4 is 10.1 Å². The molecule has 0 radical (unpaired) electrons. The van der Waals surface area contributed by atoms with Gasteiger partial charge in [-0.25, -0.2) is 9.38 Å². The van der Waals surface area contributed by atoms with E-state index in [0.29, 0.717) is 15.3 Å². The second kappa shape index (κ2) is 5.93. The van der Waals surface area contributed by atoms with E-state index in [4.69, 9.17) is 4.42 Å². The molecular formula is C20H11BrN2O2S. The second-order valence-corrected chi connectivity index (χ2v) is 7.77. The molecule has 26 heavy (non-hydrogen) atoms. The molecule has 4 nitrogen and oxygen atoms in total. The lowest BCUT2D eigenvalue weighted by molar-refractivity contribution is 0.571. The lowest BCUT2D eigenvalue weighted by Gasteiger charge is -1.96. The zero-order valence-corrected chi connectivity index (χ0v) is 15.8. The van der Waals surface area contributed by atoms with Gasteiger partial charge >= 0.3 is 0 Å². The van der Waals surface area contributed by atoms with Crippen LogP contribution in [-0.2, 0) is 0 Å². The Morgan fingerprint density at radius 2 is 1.96 bits per heavy atom. The molecule has 0 amide bonds. The van der Waals surface area contributed by atoms with Crippen LogP contribution in [0.2, 0.25) is 0 Å². The van der Waals surface area contributed by atoms with Crippen LogP contribution in [0.4, 0.5) is 0 Å². The highest BCUT2D eigenvalue weighted by Crippen LogP contribution is 2.25. The minimum absolute atomic E-state index is 0.0703. The molecule has 5 rings (SSSR count). The number of halogens is 1. The van der Waals surface area contributed by atoms with Crippen molar-refractivity contribution in [3.63, 3.8) is 0 Å². The van der Waals surface area contributed by atoms with Crippen LogP contribution in [0.1, 0.15) is 5.76 Å². The lowest BCUT2D eigenvalue weighted by atomic mass is 10.2. The van der Waals surface area contributed by atoms with Crippen LogP contribution in [0, 0.1) is 0 Å². The van der Waals surface area contributed by atoms with Crippen LogP contribution in [-0.4, -0.2) is 9.38 Å². The fourth-order valence-electron chi connectivity index (χ4n) is 2.97. The van der Waals surface area contributed by atoms with Crippen molar-refractivity contribution >= 4 is 49.3 Å². The van der Waals surface area contributed by atoms with Crippen LogP contribution in [0.15, 0.2) is 74.3 Å². The molecule has 2 aromatic carbocycles. The van der Waals surface area contributed by atoms with Crippen molar-refractivity contribution in [1.82, 2.24) is 9.38 Å². The van der Waals surface area contributed by atoms with Gasteiger partial charge < -0.3 is 4.42 Å². The van der Waals surface area contributed by atoms with E-state index >= 15 is 0 Å². The predicted molar refractivity (Wildman–Crippen MR) is 107 cm³/mol. The highest BCUT2D eigenvalue weighted by molar-refractivity contribution is 9.10. The van der Waals surface area contributed by atoms with Gasteiger partial charge in [0.1, 0.15) is 16.1 Å². The summed E-state index contributed by atoms with van der Waals surface area (Å²) in [5.74, 6) is 1.41. The van der Waals surface area contributed by atoms with E-state index in [1.807, 2.05) is 60.7 Å². The van der Waals surface area contributed by atoms with Crippen molar-refractivity contribution in [2.24, 2.45) is 0 Å². The number of imidazole rings is 1. The molecule has 0 aliphatic heterocycles. The Labute approximate surface area is 160 Å². The van der Waals surface area contributed by atoms with Crippen LogP contribution in [0.3, 0.4) is 0 Å². The molecule has 3 aromatic heterocycles. The highest BCUT2D eigenvalue weighted by Gasteiger charge is 2.11. The van der Waals surface area contributed by atoms with E-state index in [-0.39, 0.29) is 5.56 Å². The molecule has 5 aromatic rings. The first-order valence-corrected chi connectivity index (χ1v) is 9.57. The van der Waals surface area contributed by atoms with Crippen LogP contribution in [0.25, 0.3) is 33.4 Å². The molecule has 6 heteroatoms. The summed E-state index contributed by atoms with van der Waals surface area (Å²) in [6, 6.07) is 19.3. The normalized spacial score (nSPS) is 12.4. The Kier molecular flexibility index (Phi) is 3.55. The maximum Gasteiger partial charge on any atom is 0.275 e. The monoisotopic (exact) mass is 422 g/mol. The molecule has 0 fully saturated rings. The van der Waals surface area contributed by atoms with E-state index in [0.717, 1.165) is 26.8 Å².